The number of hydrogen-bond donors (Lipinski definition) is 2. The summed E-state index contributed by atoms with van der Waals surface area (Å²) >= 11 is 0. The second kappa shape index (κ2) is 11.3. The summed E-state index contributed by atoms with van der Waals surface area (Å²) in [5.41, 5.74) is 6.87. The Bertz CT molecular complexity index is 1400. The molecule has 35 heavy (non-hydrogen) atoms. The molecule has 0 atom stereocenters. The molecule has 0 fully saturated rings. The van der Waals surface area contributed by atoms with Crippen molar-refractivity contribution in [2.75, 3.05) is 0 Å². The third-order valence-electron chi connectivity index (χ3n) is 6.31. The van der Waals surface area contributed by atoms with Crippen LogP contribution in [0, 0.1) is 0 Å². The van der Waals surface area contributed by atoms with Gasteiger partial charge in [0.15, 0.2) is 0 Å². The van der Waals surface area contributed by atoms with Gasteiger partial charge in [0.2, 0.25) is 0 Å². The van der Waals surface area contributed by atoms with Gasteiger partial charge in [-0.3, -0.25) is 0 Å². The Balaban J connectivity index is 0.000000160. The second-order valence-electron chi connectivity index (χ2n) is 8.30. The number of aliphatic hydroxyl groups is 2. The van der Waals surface area contributed by atoms with E-state index in [2.05, 4.69) is 60.7 Å². The van der Waals surface area contributed by atoms with Gasteiger partial charge in [0, 0.05) is 17.1 Å². The standard InChI is InChI=1S/2C16H13O.Fe/c2*17-11-13-7-3-10-16-14(8-4-9-15(13)16)12-5-1-2-6-12;/h2*1-10,17H,11H2;/q-5;-1;. The molecule has 2 N–H and O–H groups in total. The van der Waals surface area contributed by atoms with Crippen molar-refractivity contribution in [2.24, 2.45) is 0 Å². The van der Waals surface area contributed by atoms with Crippen molar-refractivity contribution >= 4 is 21.5 Å². The summed E-state index contributed by atoms with van der Waals surface area (Å²) < 4.78 is 0. The van der Waals surface area contributed by atoms with Crippen LogP contribution >= 0.6 is 0 Å². The molecule has 6 aromatic carbocycles. The Labute approximate surface area is 216 Å². The molecule has 0 saturated heterocycles. The minimum atomic E-state index is 0. The van der Waals surface area contributed by atoms with Crippen LogP contribution in [0.15, 0.2) is 121 Å². The summed E-state index contributed by atoms with van der Waals surface area (Å²) in [6.45, 7) is 0.170. The maximum Gasteiger partial charge on any atom is 0.0681 e. The molecule has 2 nitrogen and oxygen atoms in total. The van der Waals surface area contributed by atoms with Gasteiger partial charge in [0.05, 0.1) is 13.2 Å². The fourth-order valence-corrected chi connectivity index (χ4v) is 4.64. The molecule has 3 heteroatoms. The van der Waals surface area contributed by atoms with E-state index in [4.69, 9.17) is 0 Å². The predicted molar refractivity (Wildman–Crippen MR) is 142 cm³/mol. The van der Waals surface area contributed by atoms with Gasteiger partial charge in [-0.15, -0.1) is 35.2 Å². The van der Waals surface area contributed by atoms with E-state index in [9.17, 15) is 10.2 Å². The molecule has 0 aromatic heterocycles. The van der Waals surface area contributed by atoms with Crippen molar-refractivity contribution in [3.05, 3.63) is 132 Å². The fourth-order valence-electron chi connectivity index (χ4n) is 4.64. The monoisotopic (exact) mass is 498 g/mol. The summed E-state index contributed by atoms with van der Waals surface area (Å²) in [7, 11) is 0. The minimum absolute atomic E-state index is 0. The van der Waals surface area contributed by atoms with E-state index in [1.54, 1.807) is 0 Å². The van der Waals surface area contributed by atoms with E-state index in [1.165, 1.54) is 33.0 Å². The molecule has 0 amide bonds. The van der Waals surface area contributed by atoms with Gasteiger partial charge in [0.1, 0.15) is 0 Å². The van der Waals surface area contributed by atoms with Gasteiger partial charge < -0.3 is 57.1 Å². The van der Waals surface area contributed by atoms with Crippen molar-refractivity contribution in [1.82, 2.24) is 0 Å². The van der Waals surface area contributed by atoms with E-state index in [1.807, 2.05) is 60.7 Å². The van der Waals surface area contributed by atoms with Crippen LogP contribution in [0.3, 0.4) is 0 Å². The molecule has 6 aromatic rings. The van der Waals surface area contributed by atoms with E-state index in [-0.39, 0.29) is 30.3 Å². The first kappa shape index (κ1) is 24.7. The zero-order valence-corrected chi connectivity index (χ0v) is 20.3. The maximum atomic E-state index is 9.36. The van der Waals surface area contributed by atoms with Crippen LogP contribution in [0.4, 0.5) is 0 Å². The smallest absolute Gasteiger partial charge is 0.0681 e. The summed E-state index contributed by atoms with van der Waals surface area (Å²) in [5, 5.41) is 23.4. The SMILES string of the molecule is OCc1cccc2c(-[c-]3[cH-][cH-][cH-][cH-]3)cccc12.OCc1cccc2c(-[c-]3cccc3)cccc12.[Fe]. The molecule has 0 aliphatic rings. The van der Waals surface area contributed by atoms with Crippen LogP contribution in [0.2, 0.25) is 0 Å². The molecule has 0 saturated carbocycles. The average molecular weight is 498 g/mol. The van der Waals surface area contributed by atoms with Crippen LogP contribution in [0.25, 0.3) is 43.8 Å². The Morgan fingerprint density at radius 1 is 0.543 bits per heavy atom. The molecule has 0 radical (unpaired) electrons. The summed E-state index contributed by atoms with van der Waals surface area (Å²) in [4.78, 5) is 0. The molecule has 0 aliphatic carbocycles. The zero-order chi connectivity index (χ0) is 23.3. The third kappa shape index (κ3) is 5.00. The number of hydrogen-bond acceptors (Lipinski definition) is 2. The van der Waals surface area contributed by atoms with E-state index in [0.29, 0.717) is 0 Å². The van der Waals surface area contributed by atoms with Crippen molar-refractivity contribution < 1.29 is 27.3 Å². The molecule has 180 valence electrons. The van der Waals surface area contributed by atoms with Gasteiger partial charge in [-0.05, 0) is 16.5 Å². The first-order chi connectivity index (χ1) is 16.8. The summed E-state index contributed by atoms with van der Waals surface area (Å²) in [6.07, 6.45) is 0. The summed E-state index contributed by atoms with van der Waals surface area (Å²) in [6, 6.07) is 41.2. The van der Waals surface area contributed by atoms with Crippen LogP contribution in [-0.4, -0.2) is 10.2 Å². The topological polar surface area (TPSA) is 40.5 Å². The number of rotatable bonds is 4. The van der Waals surface area contributed by atoms with Crippen LogP contribution in [-0.2, 0) is 30.3 Å². The quantitative estimate of drug-likeness (QED) is 0.196. The van der Waals surface area contributed by atoms with Crippen molar-refractivity contribution in [3.63, 3.8) is 0 Å². The third-order valence-corrected chi connectivity index (χ3v) is 6.31. The van der Waals surface area contributed by atoms with Crippen molar-refractivity contribution in [1.29, 1.82) is 0 Å². The summed E-state index contributed by atoms with van der Waals surface area (Å²) in [5.74, 6) is 0. The molecule has 0 aliphatic heterocycles. The first-order valence-electron chi connectivity index (χ1n) is 11.5. The Morgan fingerprint density at radius 3 is 1.54 bits per heavy atom. The number of fused-ring (bicyclic) bond motifs is 2. The van der Waals surface area contributed by atoms with E-state index >= 15 is 0 Å². The van der Waals surface area contributed by atoms with Crippen LogP contribution < -0.4 is 0 Å². The first-order valence-corrected chi connectivity index (χ1v) is 11.5. The number of aliphatic hydroxyl groups excluding tert-OH is 2. The second-order valence-corrected chi connectivity index (χ2v) is 8.30. The van der Waals surface area contributed by atoms with Gasteiger partial charge >= 0.3 is 0 Å². The van der Waals surface area contributed by atoms with E-state index in [0.717, 1.165) is 21.9 Å². The number of benzene rings is 4. The zero-order valence-electron chi connectivity index (χ0n) is 19.2. The van der Waals surface area contributed by atoms with Gasteiger partial charge in [-0.25, -0.2) is 0 Å². The molecule has 6 rings (SSSR count). The maximum absolute atomic E-state index is 9.36. The van der Waals surface area contributed by atoms with Crippen molar-refractivity contribution in [3.8, 4) is 22.3 Å². The molecular weight excluding hydrogens is 472 g/mol. The van der Waals surface area contributed by atoms with Crippen molar-refractivity contribution in [2.45, 2.75) is 13.2 Å². The predicted octanol–water partition coefficient (Wildman–Crippen LogP) is 7.43. The molecule has 0 heterocycles. The molecule has 0 spiro atoms. The van der Waals surface area contributed by atoms with Crippen LogP contribution in [0.5, 0.6) is 0 Å². The molecule has 0 unspecified atom stereocenters. The fraction of sp³-hybridized carbons (Fsp3) is 0.0625. The Hall–Kier alpha value is -3.46. The normalized spacial score (nSPS) is 10.6. The minimum Gasteiger partial charge on any atom is -0.641 e. The van der Waals surface area contributed by atoms with Gasteiger partial charge in [-0.1, -0.05) is 53.4 Å². The van der Waals surface area contributed by atoms with Gasteiger partial charge in [-0.2, -0.15) is 24.3 Å². The van der Waals surface area contributed by atoms with E-state index < -0.39 is 0 Å². The largest absolute Gasteiger partial charge is 0.641 e. The molecular formula is C32H26FeO2-6. The molecule has 0 bridgehead atoms. The average Bonchev–Trinajstić information content (AvgIpc) is 3.62. The Kier molecular flexibility index (Phi) is 7.97. The van der Waals surface area contributed by atoms with Gasteiger partial charge in [0.25, 0.3) is 0 Å². The van der Waals surface area contributed by atoms with Crippen LogP contribution in [0.1, 0.15) is 11.1 Å². The Morgan fingerprint density at radius 2 is 1.00 bits per heavy atom.